The van der Waals surface area contributed by atoms with Crippen LogP contribution in [-0.2, 0) is 19.6 Å². The van der Waals surface area contributed by atoms with Crippen molar-refractivity contribution in [2.75, 3.05) is 13.7 Å². The molecule has 130 valence electrons. The first-order chi connectivity index (χ1) is 11.2. The van der Waals surface area contributed by atoms with Gasteiger partial charge in [0.25, 0.3) is 15.9 Å². The van der Waals surface area contributed by atoms with E-state index in [4.69, 9.17) is 10.5 Å². The number of carbonyl (C=O) groups excluding carboxylic acids is 2. The number of rotatable bonds is 6. The van der Waals surface area contributed by atoms with Gasteiger partial charge in [-0.25, -0.2) is 8.42 Å². The lowest BCUT2D eigenvalue weighted by molar-refractivity contribution is -0.130. The number of hydrogen-bond acceptors (Lipinski definition) is 5. The van der Waals surface area contributed by atoms with Gasteiger partial charge in [-0.3, -0.25) is 14.6 Å². The second-order valence-corrected chi connectivity index (χ2v) is 7.04. The van der Waals surface area contributed by atoms with E-state index in [9.17, 15) is 18.0 Å². The number of nitrogens with one attached hydrogen (secondary N) is 1. The Morgan fingerprint density at radius 3 is 2.75 bits per heavy atom. The second-order valence-electron chi connectivity index (χ2n) is 5.38. The van der Waals surface area contributed by atoms with Gasteiger partial charge < -0.3 is 10.5 Å². The van der Waals surface area contributed by atoms with Crippen molar-refractivity contribution in [1.82, 2.24) is 9.84 Å². The third-order valence-electron chi connectivity index (χ3n) is 3.66. The number of nitrogens with zero attached hydrogens (tertiary/aromatic N) is 1. The Kier molecular flexibility index (Phi) is 5.25. The van der Waals surface area contributed by atoms with E-state index >= 15 is 0 Å². The highest BCUT2D eigenvalue weighted by Gasteiger charge is 2.29. The number of nitrogens with two attached hydrogens (primary N) is 1. The zero-order valence-electron chi connectivity index (χ0n) is 13.4. The fourth-order valence-corrected chi connectivity index (χ4v) is 3.43. The summed E-state index contributed by atoms with van der Waals surface area (Å²) in [5.74, 6) is -0.827. The van der Waals surface area contributed by atoms with Crippen LogP contribution in [0.5, 0.6) is 5.75 Å². The molecular weight excluding hydrogens is 334 g/mol. The molecule has 1 aliphatic rings. The predicted octanol–water partition coefficient (Wildman–Crippen LogP) is 0.313. The SMILES string of the molecule is COc1cccc(S(=O)(=O)NN2CCC(C)=C(CC(N)=O)C2=O)c1. The van der Waals surface area contributed by atoms with Gasteiger partial charge >= 0.3 is 0 Å². The molecule has 3 N–H and O–H groups in total. The Morgan fingerprint density at radius 1 is 1.42 bits per heavy atom. The Labute approximate surface area is 140 Å². The average Bonchev–Trinajstić information content (AvgIpc) is 2.54. The topological polar surface area (TPSA) is 119 Å². The van der Waals surface area contributed by atoms with Gasteiger partial charge in [-0.1, -0.05) is 11.6 Å². The van der Waals surface area contributed by atoms with E-state index in [2.05, 4.69) is 4.83 Å². The highest BCUT2D eigenvalue weighted by Crippen LogP contribution is 2.22. The summed E-state index contributed by atoms with van der Waals surface area (Å²) in [5.41, 5.74) is 6.10. The van der Waals surface area contributed by atoms with Crippen molar-refractivity contribution in [3.05, 3.63) is 35.4 Å². The molecule has 0 saturated heterocycles. The van der Waals surface area contributed by atoms with E-state index in [1.54, 1.807) is 13.0 Å². The van der Waals surface area contributed by atoms with Crippen LogP contribution in [0.2, 0.25) is 0 Å². The molecule has 9 heteroatoms. The molecule has 0 saturated carbocycles. The normalized spacial score (nSPS) is 15.6. The molecule has 2 rings (SSSR count). The minimum Gasteiger partial charge on any atom is -0.497 e. The molecule has 8 nitrogen and oxygen atoms in total. The van der Waals surface area contributed by atoms with Crippen LogP contribution < -0.4 is 15.3 Å². The predicted molar refractivity (Wildman–Crippen MR) is 86.2 cm³/mol. The molecule has 0 radical (unpaired) electrons. The zero-order valence-corrected chi connectivity index (χ0v) is 14.2. The number of sulfonamides is 1. The van der Waals surface area contributed by atoms with Crippen LogP contribution in [0.3, 0.4) is 0 Å². The Balaban J connectivity index is 2.24. The first kappa shape index (κ1) is 18.0. The van der Waals surface area contributed by atoms with Gasteiger partial charge in [0, 0.05) is 18.2 Å². The van der Waals surface area contributed by atoms with Crippen LogP contribution in [0.1, 0.15) is 19.8 Å². The minimum absolute atomic E-state index is 0.0302. The lowest BCUT2D eigenvalue weighted by Crippen LogP contribution is -2.49. The zero-order chi connectivity index (χ0) is 17.9. The lowest BCUT2D eigenvalue weighted by Gasteiger charge is -2.29. The summed E-state index contributed by atoms with van der Waals surface area (Å²) in [4.78, 5) is 25.7. The van der Waals surface area contributed by atoms with Crippen molar-refractivity contribution in [2.24, 2.45) is 5.73 Å². The van der Waals surface area contributed by atoms with Crippen LogP contribution in [0, 0.1) is 0 Å². The molecule has 0 atom stereocenters. The van der Waals surface area contributed by atoms with Gasteiger partial charge in [0.05, 0.1) is 18.4 Å². The number of hydrazine groups is 1. The smallest absolute Gasteiger partial charge is 0.265 e. The lowest BCUT2D eigenvalue weighted by atomic mass is 9.99. The molecule has 0 aromatic heterocycles. The van der Waals surface area contributed by atoms with E-state index in [1.165, 1.54) is 25.3 Å². The maximum atomic E-state index is 12.5. The quantitative estimate of drug-likeness (QED) is 0.763. The summed E-state index contributed by atoms with van der Waals surface area (Å²) in [6.07, 6.45) is 0.233. The molecular formula is C15H19N3O5S. The number of primary amides is 1. The van der Waals surface area contributed by atoms with Crippen molar-refractivity contribution < 1.29 is 22.7 Å². The number of methoxy groups -OCH3 is 1. The molecule has 1 aromatic rings. The van der Waals surface area contributed by atoms with E-state index < -0.39 is 21.8 Å². The molecule has 0 aliphatic carbocycles. The molecule has 2 amide bonds. The number of ether oxygens (including phenoxy) is 1. The number of benzene rings is 1. The molecule has 0 spiro atoms. The monoisotopic (exact) mass is 353 g/mol. The minimum atomic E-state index is -3.96. The van der Waals surface area contributed by atoms with Crippen LogP contribution in [0.4, 0.5) is 0 Å². The first-order valence-electron chi connectivity index (χ1n) is 7.20. The van der Waals surface area contributed by atoms with Crippen LogP contribution in [0.15, 0.2) is 40.3 Å². The Hall–Kier alpha value is -2.39. The Bertz CT molecular complexity index is 801. The number of hydrogen-bond donors (Lipinski definition) is 2. The molecule has 0 unspecified atom stereocenters. The standard InChI is InChI=1S/C15H19N3O5S/c1-10-6-7-18(15(20)13(10)9-14(16)19)17-24(21,22)12-5-3-4-11(8-12)23-2/h3-5,8,17H,6-7,9H2,1-2H3,(H2,16,19). The van der Waals surface area contributed by atoms with Gasteiger partial charge in [0.2, 0.25) is 5.91 Å². The summed E-state index contributed by atoms with van der Waals surface area (Å²) in [7, 11) is -2.53. The molecule has 1 heterocycles. The van der Waals surface area contributed by atoms with E-state index in [-0.39, 0.29) is 23.4 Å². The Morgan fingerprint density at radius 2 is 2.12 bits per heavy atom. The second kappa shape index (κ2) is 7.02. The van der Waals surface area contributed by atoms with Gasteiger partial charge in [-0.15, -0.1) is 4.83 Å². The van der Waals surface area contributed by atoms with Gasteiger partial charge in [-0.2, -0.15) is 0 Å². The van der Waals surface area contributed by atoms with E-state index in [1.807, 2.05) is 0 Å². The summed E-state index contributed by atoms with van der Waals surface area (Å²) >= 11 is 0. The summed E-state index contributed by atoms with van der Waals surface area (Å²) in [6.45, 7) is 1.90. The first-order valence-corrected chi connectivity index (χ1v) is 8.68. The molecule has 24 heavy (non-hydrogen) atoms. The van der Waals surface area contributed by atoms with Gasteiger partial charge in [-0.05, 0) is 25.5 Å². The molecule has 1 aliphatic heterocycles. The fourth-order valence-electron chi connectivity index (χ4n) is 2.33. The van der Waals surface area contributed by atoms with E-state index in [0.717, 1.165) is 10.6 Å². The molecule has 0 fully saturated rings. The number of carbonyl (C=O) groups is 2. The molecule has 1 aromatic carbocycles. The largest absolute Gasteiger partial charge is 0.497 e. The van der Waals surface area contributed by atoms with Crippen LogP contribution in [-0.4, -0.2) is 38.9 Å². The summed E-state index contributed by atoms with van der Waals surface area (Å²) in [5, 5.41) is 0.986. The third kappa shape index (κ3) is 3.92. The summed E-state index contributed by atoms with van der Waals surface area (Å²) in [6, 6.07) is 5.89. The maximum Gasteiger partial charge on any atom is 0.265 e. The number of amides is 2. The van der Waals surface area contributed by atoms with Crippen molar-refractivity contribution >= 4 is 21.8 Å². The third-order valence-corrected chi connectivity index (χ3v) is 5.00. The average molecular weight is 353 g/mol. The highest BCUT2D eigenvalue weighted by atomic mass is 32.2. The summed E-state index contributed by atoms with van der Waals surface area (Å²) < 4.78 is 29.9. The molecule has 0 bridgehead atoms. The fraction of sp³-hybridized carbons (Fsp3) is 0.333. The van der Waals surface area contributed by atoms with Gasteiger partial charge in [0.15, 0.2) is 0 Å². The van der Waals surface area contributed by atoms with Crippen LogP contribution in [0.25, 0.3) is 0 Å². The highest BCUT2D eigenvalue weighted by molar-refractivity contribution is 7.89. The van der Waals surface area contributed by atoms with E-state index in [0.29, 0.717) is 12.2 Å². The van der Waals surface area contributed by atoms with Crippen molar-refractivity contribution in [3.63, 3.8) is 0 Å². The van der Waals surface area contributed by atoms with Crippen molar-refractivity contribution in [3.8, 4) is 5.75 Å². The van der Waals surface area contributed by atoms with Gasteiger partial charge in [0.1, 0.15) is 5.75 Å². The maximum absolute atomic E-state index is 12.5. The van der Waals surface area contributed by atoms with Crippen molar-refractivity contribution in [1.29, 1.82) is 0 Å². The van der Waals surface area contributed by atoms with Crippen molar-refractivity contribution in [2.45, 2.75) is 24.7 Å². The van der Waals surface area contributed by atoms with Crippen LogP contribution >= 0.6 is 0 Å².